The zero-order valence-electron chi connectivity index (χ0n) is 9.51. The molecule has 0 radical (unpaired) electrons. The number of hydrogen-bond donors (Lipinski definition) is 0. The Balaban J connectivity index is 3.05. The van der Waals surface area contributed by atoms with Crippen LogP contribution in [0.5, 0.6) is 0 Å². The SMILES string of the molecule is CC(C)C(C[n+]1ccccc1)=C(C#N)C#N. The Morgan fingerprint density at radius 2 is 1.69 bits per heavy atom. The van der Waals surface area contributed by atoms with Gasteiger partial charge in [-0.3, -0.25) is 0 Å². The lowest BCUT2D eigenvalue weighted by Crippen LogP contribution is -2.34. The Bertz CT molecular complexity index is 442. The molecule has 3 heteroatoms. The molecule has 0 aliphatic heterocycles. The smallest absolute Gasteiger partial charge is 0.172 e. The summed E-state index contributed by atoms with van der Waals surface area (Å²) in [4.78, 5) is 0. The minimum Gasteiger partial charge on any atom is -0.201 e. The van der Waals surface area contributed by atoms with Crippen LogP contribution in [-0.4, -0.2) is 0 Å². The van der Waals surface area contributed by atoms with Gasteiger partial charge in [0.2, 0.25) is 0 Å². The van der Waals surface area contributed by atoms with Crippen molar-refractivity contribution in [3.8, 4) is 12.1 Å². The van der Waals surface area contributed by atoms with E-state index in [-0.39, 0.29) is 11.5 Å². The predicted octanol–water partition coefficient (Wildman–Crippen LogP) is 1.97. The van der Waals surface area contributed by atoms with Crippen molar-refractivity contribution in [3.63, 3.8) is 0 Å². The highest BCUT2D eigenvalue weighted by Gasteiger charge is 2.15. The van der Waals surface area contributed by atoms with Gasteiger partial charge >= 0.3 is 0 Å². The van der Waals surface area contributed by atoms with Gasteiger partial charge in [0.25, 0.3) is 0 Å². The van der Waals surface area contributed by atoms with Crippen LogP contribution in [0.4, 0.5) is 0 Å². The molecule has 0 fully saturated rings. The average Bonchev–Trinajstić information content (AvgIpc) is 2.30. The molecule has 1 rings (SSSR count). The molecule has 1 aromatic rings. The van der Waals surface area contributed by atoms with E-state index in [0.29, 0.717) is 6.54 Å². The largest absolute Gasteiger partial charge is 0.201 e. The van der Waals surface area contributed by atoms with Crippen molar-refractivity contribution in [1.29, 1.82) is 10.5 Å². The number of nitriles is 2. The zero-order valence-corrected chi connectivity index (χ0v) is 9.51. The average molecular weight is 212 g/mol. The van der Waals surface area contributed by atoms with Gasteiger partial charge in [-0.2, -0.15) is 10.5 Å². The van der Waals surface area contributed by atoms with E-state index in [4.69, 9.17) is 10.5 Å². The summed E-state index contributed by atoms with van der Waals surface area (Å²) >= 11 is 0. The summed E-state index contributed by atoms with van der Waals surface area (Å²) < 4.78 is 1.96. The van der Waals surface area contributed by atoms with Crippen LogP contribution in [0.25, 0.3) is 0 Å². The van der Waals surface area contributed by atoms with Crippen LogP contribution in [0.1, 0.15) is 13.8 Å². The first-order chi connectivity index (χ1) is 7.69. The number of allylic oxidation sites excluding steroid dienone is 2. The second kappa shape index (κ2) is 5.68. The highest BCUT2D eigenvalue weighted by atomic mass is 14.9. The Kier molecular flexibility index (Phi) is 4.24. The van der Waals surface area contributed by atoms with Gasteiger partial charge in [0, 0.05) is 17.7 Å². The van der Waals surface area contributed by atoms with Crippen LogP contribution in [0.3, 0.4) is 0 Å². The van der Waals surface area contributed by atoms with E-state index in [0.717, 1.165) is 5.57 Å². The maximum absolute atomic E-state index is 8.88. The predicted molar refractivity (Wildman–Crippen MR) is 59.7 cm³/mol. The van der Waals surface area contributed by atoms with E-state index in [1.54, 1.807) is 0 Å². The van der Waals surface area contributed by atoms with E-state index in [9.17, 15) is 0 Å². The molecular formula is C13H14N3+. The Hall–Kier alpha value is -2.13. The third kappa shape index (κ3) is 2.93. The maximum Gasteiger partial charge on any atom is 0.172 e. The van der Waals surface area contributed by atoms with Crippen molar-refractivity contribution in [2.24, 2.45) is 5.92 Å². The van der Waals surface area contributed by atoms with Crippen LogP contribution in [0, 0.1) is 28.6 Å². The van der Waals surface area contributed by atoms with Crippen LogP contribution < -0.4 is 4.57 Å². The van der Waals surface area contributed by atoms with E-state index < -0.39 is 0 Å². The summed E-state index contributed by atoms with van der Waals surface area (Å²) in [6.45, 7) is 4.58. The van der Waals surface area contributed by atoms with Crippen LogP contribution >= 0.6 is 0 Å². The first kappa shape index (κ1) is 11.9. The van der Waals surface area contributed by atoms with Gasteiger partial charge in [-0.15, -0.1) is 0 Å². The molecule has 3 nitrogen and oxygen atoms in total. The number of aromatic nitrogens is 1. The Morgan fingerprint density at radius 3 is 2.12 bits per heavy atom. The van der Waals surface area contributed by atoms with Crippen molar-refractivity contribution in [3.05, 3.63) is 41.7 Å². The lowest BCUT2D eigenvalue weighted by molar-refractivity contribution is -0.689. The van der Waals surface area contributed by atoms with Gasteiger partial charge in [-0.1, -0.05) is 19.9 Å². The minimum atomic E-state index is 0.196. The molecule has 0 unspecified atom stereocenters. The number of nitrogens with zero attached hydrogens (tertiary/aromatic N) is 3. The lowest BCUT2D eigenvalue weighted by Gasteiger charge is -2.07. The number of hydrogen-bond acceptors (Lipinski definition) is 2. The summed E-state index contributed by atoms with van der Waals surface area (Å²) in [6, 6.07) is 9.71. The van der Waals surface area contributed by atoms with Gasteiger partial charge in [-0.05, 0) is 5.92 Å². The molecule has 0 spiro atoms. The van der Waals surface area contributed by atoms with Gasteiger partial charge in [0.15, 0.2) is 18.9 Å². The molecule has 16 heavy (non-hydrogen) atoms. The molecule has 0 saturated carbocycles. The molecule has 0 bridgehead atoms. The summed E-state index contributed by atoms with van der Waals surface area (Å²) in [5.74, 6) is 0.196. The molecule has 0 amide bonds. The summed E-state index contributed by atoms with van der Waals surface area (Å²) in [6.07, 6.45) is 3.85. The monoisotopic (exact) mass is 212 g/mol. The highest BCUT2D eigenvalue weighted by molar-refractivity contribution is 5.40. The number of pyridine rings is 1. The van der Waals surface area contributed by atoms with Crippen molar-refractivity contribution in [1.82, 2.24) is 0 Å². The maximum atomic E-state index is 8.88. The fourth-order valence-corrected chi connectivity index (χ4v) is 1.46. The molecule has 0 atom stereocenters. The molecule has 0 N–H and O–H groups in total. The van der Waals surface area contributed by atoms with Crippen LogP contribution in [-0.2, 0) is 6.54 Å². The molecule has 0 aliphatic rings. The fraction of sp³-hybridized carbons (Fsp3) is 0.308. The molecule has 0 aliphatic carbocycles. The summed E-state index contributed by atoms with van der Waals surface area (Å²) in [5.41, 5.74) is 1.10. The molecule has 0 saturated heterocycles. The van der Waals surface area contributed by atoms with E-state index >= 15 is 0 Å². The molecule has 80 valence electrons. The van der Waals surface area contributed by atoms with Gasteiger partial charge in [0.1, 0.15) is 17.7 Å². The topological polar surface area (TPSA) is 51.5 Å². The normalized spacial score (nSPS) is 9.31. The standard InChI is InChI=1S/C13H14N3/c1-11(2)13(12(8-14)9-15)10-16-6-4-3-5-7-16/h3-7,11H,10H2,1-2H3/q+1. The Labute approximate surface area is 95.9 Å². The van der Waals surface area contributed by atoms with E-state index in [1.165, 1.54) is 0 Å². The van der Waals surface area contributed by atoms with Crippen molar-refractivity contribution in [2.75, 3.05) is 0 Å². The third-order valence-corrected chi connectivity index (χ3v) is 2.37. The van der Waals surface area contributed by atoms with Crippen molar-refractivity contribution >= 4 is 0 Å². The first-order valence-electron chi connectivity index (χ1n) is 5.16. The van der Waals surface area contributed by atoms with Crippen LogP contribution in [0.15, 0.2) is 41.7 Å². The van der Waals surface area contributed by atoms with Crippen LogP contribution in [0.2, 0.25) is 0 Å². The van der Waals surface area contributed by atoms with E-state index in [1.807, 2.05) is 61.1 Å². The fourth-order valence-electron chi connectivity index (χ4n) is 1.46. The molecular weight excluding hydrogens is 198 g/mol. The van der Waals surface area contributed by atoms with Crippen molar-refractivity contribution in [2.45, 2.75) is 20.4 Å². The Morgan fingerprint density at radius 1 is 1.12 bits per heavy atom. The molecule has 1 heterocycles. The second-order valence-electron chi connectivity index (χ2n) is 3.83. The molecule has 0 aromatic carbocycles. The lowest BCUT2D eigenvalue weighted by atomic mass is 9.98. The highest BCUT2D eigenvalue weighted by Crippen LogP contribution is 2.14. The summed E-state index contributed by atoms with van der Waals surface area (Å²) in [5, 5.41) is 17.8. The summed E-state index contributed by atoms with van der Waals surface area (Å²) in [7, 11) is 0. The van der Waals surface area contributed by atoms with Gasteiger partial charge < -0.3 is 0 Å². The van der Waals surface area contributed by atoms with E-state index in [2.05, 4.69) is 0 Å². The first-order valence-corrected chi connectivity index (χ1v) is 5.16. The number of rotatable bonds is 3. The second-order valence-corrected chi connectivity index (χ2v) is 3.83. The quantitative estimate of drug-likeness (QED) is 0.568. The van der Waals surface area contributed by atoms with Gasteiger partial charge in [-0.25, -0.2) is 4.57 Å². The minimum absolute atomic E-state index is 0.196. The molecule has 1 aromatic heterocycles. The zero-order chi connectivity index (χ0) is 12.0. The van der Waals surface area contributed by atoms with Crippen molar-refractivity contribution < 1.29 is 4.57 Å². The van der Waals surface area contributed by atoms with Gasteiger partial charge in [0.05, 0.1) is 0 Å². The third-order valence-electron chi connectivity index (χ3n) is 2.37.